The molecule has 7 heteroatoms. The largest absolute Gasteiger partial charge is 0.393 e. The first-order chi connectivity index (χ1) is 11.7. The van der Waals surface area contributed by atoms with Crippen LogP contribution in [0, 0.1) is 17.3 Å². The number of likely N-dealkylation sites (tertiary alicyclic amines) is 1. The van der Waals surface area contributed by atoms with Crippen molar-refractivity contribution in [3.8, 4) is 0 Å². The van der Waals surface area contributed by atoms with Crippen LogP contribution in [-0.4, -0.2) is 62.6 Å². The van der Waals surface area contributed by atoms with E-state index in [0.29, 0.717) is 38.0 Å². The second-order valence-electron chi connectivity index (χ2n) is 8.98. The van der Waals surface area contributed by atoms with Crippen LogP contribution in [0.3, 0.4) is 0 Å². The van der Waals surface area contributed by atoms with Crippen molar-refractivity contribution in [2.75, 3.05) is 13.1 Å². The number of alkyl halides is 2. The lowest BCUT2D eigenvalue weighted by molar-refractivity contribution is -0.256. The number of aliphatic hydroxyl groups excluding tert-OH is 1. The van der Waals surface area contributed by atoms with E-state index in [-0.39, 0.29) is 34.0 Å². The fraction of sp³-hybridized carbons (Fsp3) is 0.944. The third kappa shape index (κ3) is 3.00. The van der Waals surface area contributed by atoms with E-state index in [1.807, 2.05) is 4.90 Å². The van der Waals surface area contributed by atoms with Crippen molar-refractivity contribution in [3.05, 3.63) is 0 Å². The van der Waals surface area contributed by atoms with Crippen molar-refractivity contribution in [1.82, 2.24) is 4.90 Å². The average molecular weight is 391 g/mol. The van der Waals surface area contributed by atoms with Crippen molar-refractivity contribution in [3.63, 3.8) is 0 Å². The minimum atomic E-state index is -0.536. The first-order valence-corrected chi connectivity index (χ1v) is 10.3. The summed E-state index contributed by atoms with van der Waals surface area (Å²) in [5.74, 6) is 0.507. The third-order valence-corrected chi connectivity index (χ3v) is 8.27. The predicted octanol–water partition coefficient (Wildman–Crippen LogP) is 1.45. The number of hydrogen-bond donors (Lipinski definition) is 3. The Labute approximate surface area is 158 Å². The summed E-state index contributed by atoms with van der Waals surface area (Å²) >= 11 is 12.4. The smallest absolute Gasteiger partial charge is 0.229 e. The Kier molecular flexibility index (Phi) is 4.56. The quantitative estimate of drug-likeness (QED) is 0.636. The van der Waals surface area contributed by atoms with Gasteiger partial charge in [0, 0.05) is 25.0 Å². The lowest BCUT2D eigenvalue weighted by Crippen LogP contribution is -2.72. The van der Waals surface area contributed by atoms with E-state index in [4.69, 9.17) is 28.9 Å². The van der Waals surface area contributed by atoms with Crippen molar-refractivity contribution < 1.29 is 15.0 Å². The Hall–Kier alpha value is -0.0700. The summed E-state index contributed by atoms with van der Waals surface area (Å²) in [6, 6.07) is -0.103. The van der Waals surface area contributed by atoms with Gasteiger partial charge in [-0.05, 0) is 50.9 Å². The highest BCUT2D eigenvalue weighted by molar-refractivity contribution is 6.30. The summed E-state index contributed by atoms with van der Waals surface area (Å²) in [6.07, 6.45) is 4.32. The van der Waals surface area contributed by atoms with Gasteiger partial charge in [0.05, 0.1) is 27.9 Å². The number of carbonyl (C=O) groups is 1. The van der Waals surface area contributed by atoms with Gasteiger partial charge in [0.25, 0.3) is 0 Å². The van der Waals surface area contributed by atoms with E-state index in [0.717, 1.165) is 25.9 Å². The van der Waals surface area contributed by atoms with E-state index in [1.165, 1.54) is 0 Å². The minimum absolute atomic E-state index is 0.0170. The van der Waals surface area contributed by atoms with Crippen molar-refractivity contribution in [2.24, 2.45) is 23.0 Å². The molecule has 2 bridgehead atoms. The molecular formula is C18H28Cl2N2O3. The molecule has 5 rings (SSSR count). The Bertz CT molecular complexity index is 533. The van der Waals surface area contributed by atoms with Gasteiger partial charge in [-0.3, -0.25) is 4.79 Å². The number of carbonyl (C=O) groups excluding carboxylic acids is 1. The number of hydrogen-bond acceptors (Lipinski definition) is 4. The highest BCUT2D eigenvalue weighted by Gasteiger charge is 2.71. The van der Waals surface area contributed by atoms with Gasteiger partial charge in [-0.1, -0.05) is 0 Å². The van der Waals surface area contributed by atoms with Crippen LogP contribution in [0.15, 0.2) is 0 Å². The molecular weight excluding hydrogens is 363 g/mol. The number of aliphatic hydroxyl groups is 2. The molecule has 4 aliphatic carbocycles. The van der Waals surface area contributed by atoms with Crippen LogP contribution in [0.4, 0.5) is 0 Å². The van der Waals surface area contributed by atoms with Crippen molar-refractivity contribution in [2.45, 2.75) is 73.4 Å². The van der Waals surface area contributed by atoms with Crippen LogP contribution in [-0.2, 0) is 4.79 Å². The number of halogens is 2. The Morgan fingerprint density at radius 2 is 1.68 bits per heavy atom. The lowest BCUT2D eigenvalue weighted by Gasteiger charge is -2.67. The molecule has 1 amide bonds. The molecule has 5 nitrogen and oxygen atoms in total. The maximum atomic E-state index is 12.7. The van der Waals surface area contributed by atoms with E-state index in [1.54, 1.807) is 0 Å². The van der Waals surface area contributed by atoms with E-state index < -0.39 is 11.7 Å². The van der Waals surface area contributed by atoms with Gasteiger partial charge in [-0.25, -0.2) is 0 Å². The summed E-state index contributed by atoms with van der Waals surface area (Å²) in [6.45, 7) is 1.45. The molecule has 0 spiro atoms. The SMILES string of the molecule is N[C@H](C1CCN(C(=O)C23CC(O)(C2)C3)CC1)C1CC(Cl)C(Cl)CC1O. The molecule has 1 aliphatic heterocycles. The van der Waals surface area contributed by atoms with Gasteiger partial charge in [0.1, 0.15) is 0 Å². The second kappa shape index (κ2) is 6.23. The molecule has 0 aromatic heterocycles. The molecule has 1 saturated heterocycles. The van der Waals surface area contributed by atoms with Gasteiger partial charge >= 0.3 is 0 Å². The van der Waals surface area contributed by atoms with Crippen LogP contribution in [0.25, 0.3) is 0 Å². The van der Waals surface area contributed by atoms with Crippen LogP contribution >= 0.6 is 23.2 Å². The first-order valence-electron chi connectivity index (χ1n) is 9.47. The zero-order valence-corrected chi connectivity index (χ0v) is 15.9. The molecule has 5 fully saturated rings. The molecule has 5 aliphatic rings. The second-order valence-corrected chi connectivity index (χ2v) is 10.1. The van der Waals surface area contributed by atoms with Gasteiger partial charge < -0.3 is 20.8 Å². The standard InChI is InChI=1S/C18H28Cl2N2O3/c19-12-5-11(14(23)6-13(12)20)15(21)10-1-3-22(4-2-10)16(24)17-7-18(25,8-17)9-17/h10-15,23,25H,1-9,21H2/t11?,12?,13?,14?,15-,17?,18?/m1/s1. The average Bonchev–Trinajstić information content (AvgIpc) is 2.53. The van der Waals surface area contributed by atoms with Crippen LogP contribution in [0.2, 0.25) is 0 Å². The maximum absolute atomic E-state index is 12.7. The predicted molar refractivity (Wildman–Crippen MR) is 96.5 cm³/mol. The normalized spacial score (nSPS) is 48.4. The highest BCUT2D eigenvalue weighted by Crippen LogP contribution is 2.67. The van der Waals surface area contributed by atoms with E-state index in [9.17, 15) is 15.0 Å². The summed E-state index contributed by atoms with van der Waals surface area (Å²) in [5.41, 5.74) is 5.70. The van der Waals surface area contributed by atoms with Gasteiger partial charge in [0.2, 0.25) is 5.91 Å². The van der Waals surface area contributed by atoms with Crippen LogP contribution < -0.4 is 5.73 Å². The molecule has 0 aromatic carbocycles. The van der Waals surface area contributed by atoms with Crippen molar-refractivity contribution in [1.29, 1.82) is 0 Å². The Balaban J connectivity index is 1.30. The first kappa shape index (κ1) is 18.3. The summed E-state index contributed by atoms with van der Waals surface area (Å²) in [4.78, 5) is 14.7. The molecule has 0 aromatic rings. The van der Waals surface area contributed by atoms with Crippen molar-refractivity contribution >= 4 is 29.1 Å². The zero-order chi connectivity index (χ0) is 18.0. The lowest BCUT2D eigenvalue weighted by atomic mass is 9.41. The number of nitrogens with zero attached hydrogens (tertiary/aromatic N) is 1. The maximum Gasteiger partial charge on any atom is 0.229 e. The number of amides is 1. The summed E-state index contributed by atoms with van der Waals surface area (Å²) < 4.78 is 0. The molecule has 0 radical (unpaired) electrons. The molecule has 142 valence electrons. The van der Waals surface area contributed by atoms with Gasteiger partial charge in [-0.15, -0.1) is 23.2 Å². The Morgan fingerprint density at radius 3 is 2.24 bits per heavy atom. The monoisotopic (exact) mass is 390 g/mol. The van der Waals surface area contributed by atoms with Crippen LogP contribution in [0.5, 0.6) is 0 Å². The fourth-order valence-corrected chi connectivity index (χ4v) is 6.26. The van der Waals surface area contributed by atoms with Gasteiger partial charge in [0.15, 0.2) is 0 Å². The van der Waals surface area contributed by atoms with Gasteiger partial charge in [-0.2, -0.15) is 0 Å². The Morgan fingerprint density at radius 1 is 1.12 bits per heavy atom. The molecule has 5 atom stereocenters. The summed E-state index contributed by atoms with van der Waals surface area (Å²) in [5, 5.41) is 19.9. The third-order valence-electron chi connectivity index (χ3n) is 7.17. The topological polar surface area (TPSA) is 86.8 Å². The molecule has 4 unspecified atom stereocenters. The number of rotatable bonds is 3. The molecule has 1 heterocycles. The molecule has 25 heavy (non-hydrogen) atoms. The van der Waals surface area contributed by atoms with Crippen LogP contribution in [0.1, 0.15) is 44.9 Å². The number of nitrogens with two attached hydrogens (primary N) is 1. The summed E-state index contributed by atoms with van der Waals surface area (Å²) in [7, 11) is 0. The zero-order valence-electron chi connectivity index (χ0n) is 14.4. The van der Waals surface area contributed by atoms with E-state index >= 15 is 0 Å². The molecule has 4 saturated carbocycles. The van der Waals surface area contributed by atoms with E-state index in [2.05, 4.69) is 0 Å². The number of piperidine rings is 1. The minimum Gasteiger partial charge on any atom is -0.393 e. The molecule has 4 N–H and O–H groups in total. The fourth-order valence-electron chi connectivity index (χ4n) is 5.67. The highest BCUT2D eigenvalue weighted by atomic mass is 35.5.